The molecule has 0 radical (unpaired) electrons. The first-order chi connectivity index (χ1) is 51.7. The summed E-state index contributed by atoms with van der Waals surface area (Å²) in [5.41, 5.74) is 5.07. The van der Waals surface area contributed by atoms with E-state index < -0.39 is 47.8 Å². The summed E-state index contributed by atoms with van der Waals surface area (Å²) < 4.78 is 55.5. The largest absolute Gasteiger partial charge is 0.494 e. The van der Waals surface area contributed by atoms with Gasteiger partial charge in [0, 0.05) is 59.7 Å². The number of carbonyl (C=O) groups excluding carboxylic acids is 8. The van der Waals surface area contributed by atoms with Crippen molar-refractivity contribution in [1.29, 1.82) is 0 Å². The van der Waals surface area contributed by atoms with E-state index in [9.17, 15) is 38.4 Å². The SMILES string of the molecule is C=CC(=O)OCCCCOc1ccc(/C=C/C(=O)Oc2ccc(/C=C/C(=O)Oc3ccc(/C=C/C(=O)Oc4ccc5ccccc5c4-c4c(OC(=O)/C=C/c5ccc(OC(=O)/C=C/c6ccc(OC(=O)/C=C/c7ccc(OCCCCOC(=O)C=C)cc7)cc6)cc5)ccc5ccccc45)cc3)cc2)cc1. The van der Waals surface area contributed by atoms with Crippen molar-refractivity contribution in [3.05, 3.63) is 314 Å². The van der Waals surface area contributed by atoms with Gasteiger partial charge in [-0.3, -0.25) is 0 Å². The van der Waals surface area contributed by atoms with Gasteiger partial charge in [-0.2, -0.15) is 0 Å². The summed E-state index contributed by atoms with van der Waals surface area (Å²) in [5.74, 6) is -1.86. The number of hydrogen-bond acceptors (Lipinski definition) is 18. The minimum Gasteiger partial charge on any atom is -0.494 e. The van der Waals surface area contributed by atoms with Crippen molar-refractivity contribution >= 4 is 106 Å². The molecule has 0 bridgehead atoms. The van der Waals surface area contributed by atoms with Crippen molar-refractivity contribution in [1.82, 2.24) is 0 Å². The van der Waals surface area contributed by atoms with E-state index in [2.05, 4.69) is 13.2 Å². The predicted molar refractivity (Wildman–Crippen MR) is 405 cm³/mol. The van der Waals surface area contributed by atoms with Gasteiger partial charge in [0.2, 0.25) is 0 Å². The first-order valence-electron chi connectivity index (χ1n) is 33.6. The van der Waals surface area contributed by atoms with E-state index in [1.54, 1.807) is 194 Å². The Kier molecular flexibility index (Phi) is 27.3. The van der Waals surface area contributed by atoms with Gasteiger partial charge in [0.15, 0.2) is 0 Å². The summed E-state index contributed by atoms with van der Waals surface area (Å²) in [6, 6.07) is 62.8. The van der Waals surface area contributed by atoms with E-state index in [0.717, 1.165) is 44.8 Å². The van der Waals surface area contributed by atoms with Crippen LogP contribution in [0.5, 0.6) is 46.0 Å². The van der Waals surface area contributed by atoms with Gasteiger partial charge in [-0.15, -0.1) is 0 Å². The Morgan fingerprint density at radius 3 is 0.774 bits per heavy atom. The standard InChI is InChI=1S/C88H70O18/c1-3-79(89)99-59-11-9-57-97-69-37-17-61(18-38-69)29-51-81(91)101-71-41-21-63(22-42-71)31-53-83(93)103-73-45-25-65(26-46-73)33-55-85(95)105-77-49-35-67-13-5-7-15-75(67)87(77)88-76-16-8-6-14-68(76)36-50-78(88)106-86(96)56-34-66-27-47-74(48-28-66)104-84(94)54-32-64-23-43-72(44-24-64)102-82(92)52-30-62-19-39-70(40-20-62)98-58-10-12-60-100-80(90)4-2/h3-8,13-56H,1-2,9-12,57-60H2/b51-29+,52-30+,53-31+,54-32+,55-33+,56-34+. The minimum atomic E-state index is -0.695. The molecule has 106 heavy (non-hydrogen) atoms. The summed E-state index contributed by atoms with van der Waals surface area (Å²) in [7, 11) is 0. The van der Waals surface area contributed by atoms with E-state index in [1.807, 2.05) is 60.7 Å². The summed E-state index contributed by atoms with van der Waals surface area (Å²) in [4.78, 5) is 101. The van der Waals surface area contributed by atoms with E-state index in [-0.39, 0.29) is 23.0 Å². The number of carbonyl (C=O) groups is 8. The molecule has 0 saturated carbocycles. The molecular formula is C88H70O18. The predicted octanol–water partition coefficient (Wildman–Crippen LogP) is 17.1. The number of esters is 8. The third-order valence-corrected chi connectivity index (χ3v) is 15.5. The zero-order valence-corrected chi connectivity index (χ0v) is 57.3. The Morgan fingerprint density at radius 2 is 0.500 bits per heavy atom. The summed E-state index contributed by atoms with van der Waals surface area (Å²) in [5, 5.41) is 3.13. The molecule has 0 unspecified atom stereocenters. The zero-order chi connectivity index (χ0) is 74.2. The maximum Gasteiger partial charge on any atom is 0.336 e. The average Bonchev–Trinajstić information content (AvgIpc) is 0.752. The highest BCUT2D eigenvalue weighted by Crippen LogP contribution is 2.46. The molecular weight excluding hydrogens is 1340 g/mol. The molecule has 0 heterocycles. The quantitative estimate of drug-likeness (QED) is 0.0161. The van der Waals surface area contributed by atoms with Crippen LogP contribution < -0.4 is 37.9 Å². The number of ether oxygens (including phenoxy) is 10. The van der Waals surface area contributed by atoms with Gasteiger partial charge in [0.25, 0.3) is 0 Å². The molecule has 18 heteroatoms. The topological polar surface area (TPSA) is 229 Å². The third-order valence-electron chi connectivity index (χ3n) is 15.5. The van der Waals surface area contributed by atoms with Gasteiger partial charge in [-0.1, -0.05) is 147 Å². The summed E-state index contributed by atoms with van der Waals surface area (Å²) >= 11 is 0. The highest BCUT2D eigenvalue weighted by Gasteiger charge is 2.22. The summed E-state index contributed by atoms with van der Waals surface area (Å²) in [6.07, 6.45) is 22.2. The monoisotopic (exact) mass is 1410 g/mol. The van der Waals surface area contributed by atoms with Crippen LogP contribution in [0.1, 0.15) is 59.1 Å². The van der Waals surface area contributed by atoms with Gasteiger partial charge in [0.1, 0.15) is 46.0 Å². The van der Waals surface area contributed by atoms with Crippen LogP contribution in [-0.2, 0) is 47.8 Å². The van der Waals surface area contributed by atoms with E-state index in [4.69, 9.17) is 47.4 Å². The lowest BCUT2D eigenvalue weighted by molar-refractivity contribution is -0.138. The Labute approximate surface area is 611 Å². The van der Waals surface area contributed by atoms with Gasteiger partial charge in [-0.05, 0) is 202 Å². The average molecular weight is 1420 g/mol. The van der Waals surface area contributed by atoms with E-state index >= 15 is 0 Å². The Morgan fingerprint density at radius 1 is 0.255 bits per heavy atom. The second-order valence-electron chi connectivity index (χ2n) is 23.1. The second-order valence-corrected chi connectivity index (χ2v) is 23.1. The first kappa shape index (κ1) is 74.7. The van der Waals surface area contributed by atoms with Crippen molar-refractivity contribution in [2.45, 2.75) is 25.7 Å². The lowest BCUT2D eigenvalue weighted by Gasteiger charge is -2.18. The van der Waals surface area contributed by atoms with Crippen molar-refractivity contribution in [3.8, 4) is 57.1 Å². The molecule has 0 aliphatic rings. The minimum absolute atomic E-state index is 0.207. The fourth-order valence-electron chi connectivity index (χ4n) is 10.2. The van der Waals surface area contributed by atoms with Gasteiger partial charge in [-0.25, -0.2) is 38.4 Å². The molecule has 0 aliphatic carbocycles. The van der Waals surface area contributed by atoms with Crippen LogP contribution in [0.2, 0.25) is 0 Å². The molecule has 0 saturated heterocycles. The first-order valence-corrected chi connectivity index (χ1v) is 33.6. The second kappa shape index (κ2) is 38.7. The Hall–Kier alpha value is -14.0. The van der Waals surface area contributed by atoms with Crippen molar-refractivity contribution in [2.24, 2.45) is 0 Å². The normalized spacial score (nSPS) is 11.3. The van der Waals surface area contributed by atoms with Crippen LogP contribution in [0.3, 0.4) is 0 Å². The molecule has 0 atom stereocenters. The molecule has 10 aromatic rings. The van der Waals surface area contributed by atoms with Crippen LogP contribution in [0.15, 0.2) is 280 Å². The summed E-state index contributed by atoms with van der Waals surface area (Å²) in [6.45, 7) is 8.24. The lowest BCUT2D eigenvalue weighted by atomic mass is 9.92. The zero-order valence-electron chi connectivity index (χ0n) is 57.3. The van der Waals surface area contributed by atoms with Crippen LogP contribution >= 0.6 is 0 Å². The molecule has 530 valence electrons. The smallest absolute Gasteiger partial charge is 0.336 e. The molecule has 10 rings (SSSR count). The number of benzene rings is 10. The number of unbranched alkanes of at least 4 members (excludes halogenated alkanes) is 2. The number of hydrogen-bond donors (Lipinski definition) is 0. The van der Waals surface area contributed by atoms with Crippen molar-refractivity contribution < 1.29 is 85.7 Å². The van der Waals surface area contributed by atoms with Gasteiger partial charge >= 0.3 is 47.8 Å². The molecule has 0 aliphatic heterocycles. The highest BCUT2D eigenvalue weighted by atomic mass is 16.6. The maximum atomic E-state index is 13.8. The number of rotatable bonds is 33. The van der Waals surface area contributed by atoms with Crippen LogP contribution in [-0.4, -0.2) is 74.2 Å². The van der Waals surface area contributed by atoms with Crippen molar-refractivity contribution in [2.75, 3.05) is 26.4 Å². The molecule has 0 fully saturated rings. The molecule has 0 spiro atoms. The Balaban J connectivity index is 0.683. The Bertz CT molecular complexity index is 4670. The van der Waals surface area contributed by atoms with Crippen LogP contribution in [0.4, 0.5) is 0 Å². The molecule has 0 N–H and O–H groups in total. The van der Waals surface area contributed by atoms with E-state index in [1.165, 1.54) is 36.5 Å². The van der Waals surface area contributed by atoms with E-state index in [0.29, 0.717) is 108 Å². The highest BCUT2D eigenvalue weighted by molar-refractivity contribution is 6.11. The molecule has 10 aromatic carbocycles. The maximum absolute atomic E-state index is 13.8. The molecule has 0 aromatic heterocycles. The van der Waals surface area contributed by atoms with Crippen LogP contribution in [0.25, 0.3) is 69.1 Å². The third kappa shape index (κ3) is 23.5. The van der Waals surface area contributed by atoms with Crippen molar-refractivity contribution in [3.63, 3.8) is 0 Å². The van der Waals surface area contributed by atoms with Gasteiger partial charge < -0.3 is 47.4 Å². The molecule has 18 nitrogen and oxygen atoms in total. The number of fused-ring (bicyclic) bond motifs is 2. The van der Waals surface area contributed by atoms with Gasteiger partial charge in [0.05, 0.1) is 26.4 Å². The fourth-order valence-corrected chi connectivity index (χ4v) is 10.2. The lowest BCUT2D eigenvalue weighted by Crippen LogP contribution is -2.07. The molecule has 0 amide bonds. The fraction of sp³-hybridized carbons (Fsp3) is 0.0909. The van der Waals surface area contributed by atoms with Crippen LogP contribution in [0, 0.1) is 0 Å².